The molecular formula is C17H24N4OS. The largest absolute Gasteiger partial charge is 0.345 e. The summed E-state index contributed by atoms with van der Waals surface area (Å²) in [6.45, 7) is 2.51. The molecule has 6 heteroatoms. The first-order valence-corrected chi connectivity index (χ1v) is 9.35. The van der Waals surface area contributed by atoms with Crippen molar-refractivity contribution in [3.8, 4) is 0 Å². The normalized spacial score (nSPS) is 19.3. The lowest BCUT2D eigenvalue weighted by Gasteiger charge is -2.24. The second kappa shape index (κ2) is 7.36. The van der Waals surface area contributed by atoms with Crippen molar-refractivity contribution in [3.05, 3.63) is 30.1 Å². The number of aromatic amines is 1. The van der Waals surface area contributed by atoms with E-state index in [4.69, 9.17) is 0 Å². The number of likely N-dealkylation sites (N-methyl/N-ethyl adjacent to an activating group) is 1. The van der Waals surface area contributed by atoms with Crippen LogP contribution in [0.1, 0.15) is 31.6 Å². The Bertz CT molecular complexity index is 632. The number of carbonyl (C=O) groups is 1. The van der Waals surface area contributed by atoms with Crippen molar-refractivity contribution in [1.82, 2.24) is 20.2 Å². The van der Waals surface area contributed by atoms with Crippen molar-refractivity contribution in [2.45, 2.75) is 31.8 Å². The number of amides is 1. The van der Waals surface area contributed by atoms with E-state index in [9.17, 15) is 4.79 Å². The van der Waals surface area contributed by atoms with Crippen molar-refractivity contribution in [2.75, 3.05) is 25.1 Å². The third kappa shape index (κ3) is 3.87. The molecule has 1 fully saturated rings. The van der Waals surface area contributed by atoms with E-state index >= 15 is 0 Å². The SMILES string of the molecule is CC[C@H](NC(=O)CN(C)[C@H]1CCSC1)c1nc2ccccc2[nH]1. The predicted octanol–water partition coefficient (Wildman–Crippen LogP) is 2.57. The minimum Gasteiger partial charge on any atom is -0.345 e. The van der Waals surface area contributed by atoms with Gasteiger partial charge in [0.05, 0.1) is 23.6 Å². The lowest BCUT2D eigenvalue weighted by atomic mass is 10.2. The van der Waals surface area contributed by atoms with Crippen LogP contribution in [0.4, 0.5) is 0 Å². The number of hydrogen-bond donors (Lipinski definition) is 2. The Morgan fingerprint density at radius 1 is 1.52 bits per heavy atom. The zero-order chi connectivity index (χ0) is 16.2. The molecule has 2 atom stereocenters. The molecule has 2 heterocycles. The van der Waals surface area contributed by atoms with E-state index in [0.29, 0.717) is 12.6 Å². The molecule has 2 aromatic rings. The molecule has 2 N–H and O–H groups in total. The molecule has 1 aliphatic rings. The summed E-state index contributed by atoms with van der Waals surface area (Å²) in [6.07, 6.45) is 1.99. The first-order valence-electron chi connectivity index (χ1n) is 8.19. The predicted molar refractivity (Wildman–Crippen MR) is 95.6 cm³/mol. The fourth-order valence-electron chi connectivity index (χ4n) is 2.97. The molecule has 0 spiro atoms. The van der Waals surface area contributed by atoms with Gasteiger partial charge in [0.25, 0.3) is 0 Å². The van der Waals surface area contributed by atoms with Gasteiger partial charge in [-0.3, -0.25) is 9.69 Å². The summed E-state index contributed by atoms with van der Waals surface area (Å²) in [5.41, 5.74) is 1.95. The number of aromatic nitrogens is 2. The number of H-pyrrole nitrogens is 1. The highest BCUT2D eigenvalue weighted by Gasteiger charge is 2.23. The number of nitrogens with zero attached hydrogens (tertiary/aromatic N) is 2. The molecule has 0 radical (unpaired) electrons. The summed E-state index contributed by atoms with van der Waals surface area (Å²) in [6, 6.07) is 8.40. The number of fused-ring (bicyclic) bond motifs is 1. The molecule has 1 aliphatic heterocycles. The van der Waals surface area contributed by atoms with Crippen LogP contribution in [0.25, 0.3) is 11.0 Å². The van der Waals surface area contributed by atoms with Crippen LogP contribution < -0.4 is 5.32 Å². The van der Waals surface area contributed by atoms with Crippen molar-refractivity contribution in [1.29, 1.82) is 0 Å². The van der Waals surface area contributed by atoms with Crippen LogP contribution in [-0.2, 0) is 4.79 Å². The van der Waals surface area contributed by atoms with E-state index in [-0.39, 0.29) is 11.9 Å². The second-order valence-corrected chi connectivity index (χ2v) is 7.25. The number of thioether (sulfide) groups is 1. The molecule has 1 aromatic heterocycles. The number of hydrogen-bond acceptors (Lipinski definition) is 4. The fraction of sp³-hybridized carbons (Fsp3) is 0.529. The van der Waals surface area contributed by atoms with Crippen LogP contribution in [0.2, 0.25) is 0 Å². The van der Waals surface area contributed by atoms with Gasteiger partial charge in [0.1, 0.15) is 5.82 Å². The molecule has 23 heavy (non-hydrogen) atoms. The molecule has 124 valence electrons. The van der Waals surface area contributed by atoms with E-state index in [2.05, 4.69) is 27.1 Å². The Morgan fingerprint density at radius 2 is 2.35 bits per heavy atom. The molecule has 1 aromatic carbocycles. The molecule has 1 amide bonds. The van der Waals surface area contributed by atoms with Gasteiger partial charge in [0.15, 0.2) is 0 Å². The summed E-state index contributed by atoms with van der Waals surface area (Å²) >= 11 is 1.97. The zero-order valence-corrected chi connectivity index (χ0v) is 14.5. The molecule has 5 nitrogen and oxygen atoms in total. The van der Waals surface area contributed by atoms with Crippen molar-refractivity contribution in [2.24, 2.45) is 0 Å². The number of para-hydroxylation sites is 2. The van der Waals surface area contributed by atoms with Crippen molar-refractivity contribution < 1.29 is 4.79 Å². The highest BCUT2D eigenvalue weighted by molar-refractivity contribution is 7.99. The van der Waals surface area contributed by atoms with Crippen LogP contribution >= 0.6 is 11.8 Å². The topological polar surface area (TPSA) is 61.0 Å². The average Bonchev–Trinajstić information content (AvgIpc) is 3.21. The number of carbonyl (C=O) groups excluding carboxylic acids is 1. The Kier molecular flexibility index (Phi) is 5.23. The molecule has 0 bridgehead atoms. The second-order valence-electron chi connectivity index (χ2n) is 6.10. The van der Waals surface area contributed by atoms with Gasteiger partial charge in [-0.1, -0.05) is 19.1 Å². The number of rotatable bonds is 6. The Hall–Kier alpha value is -1.53. The summed E-state index contributed by atoms with van der Waals surface area (Å²) < 4.78 is 0. The Labute approximate surface area is 141 Å². The maximum atomic E-state index is 12.4. The van der Waals surface area contributed by atoms with Gasteiger partial charge >= 0.3 is 0 Å². The monoisotopic (exact) mass is 332 g/mol. The van der Waals surface area contributed by atoms with Gasteiger partial charge in [-0.25, -0.2) is 4.98 Å². The van der Waals surface area contributed by atoms with E-state index in [0.717, 1.165) is 29.0 Å². The van der Waals surface area contributed by atoms with Crippen molar-refractivity contribution in [3.63, 3.8) is 0 Å². The van der Waals surface area contributed by atoms with Gasteiger partial charge in [-0.2, -0.15) is 11.8 Å². The smallest absolute Gasteiger partial charge is 0.234 e. The summed E-state index contributed by atoms with van der Waals surface area (Å²) in [7, 11) is 2.04. The highest BCUT2D eigenvalue weighted by atomic mass is 32.2. The lowest BCUT2D eigenvalue weighted by molar-refractivity contribution is -0.123. The first-order chi connectivity index (χ1) is 11.2. The first kappa shape index (κ1) is 16.3. The van der Waals surface area contributed by atoms with Gasteiger partial charge in [-0.15, -0.1) is 0 Å². The standard InChI is InChI=1S/C17H24N4OS/c1-3-13(17-19-14-6-4-5-7-15(14)20-17)18-16(22)10-21(2)12-8-9-23-11-12/h4-7,12-13H,3,8-11H2,1-2H3,(H,18,22)(H,19,20)/t12-,13-/m0/s1. The van der Waals surface area contributed by atoms with Gasteiger partial charge in [0.2, 0.25) is 5.91 Å². The van der Waals surface area contributed by atoms with Gasteiger partial charge in [-0.05, 0) is 37.8 Å². The van der Waals surface area contributed by atoms with Gasteiger partial charge in [0, 0.05) is 11.8 Å². The third-order valence-electron chi connectivity index (χ3n) is 4.40. The summed E-state index contributed by atoms with van der Waals surface area (Å²) in [5.74, 6) is 3.23. The molecule has 0 saturated carbocycles. The highest BCUT2D eigenvalue weighted by Crippen LogP contribution is 2.21. The molecular weight excluding hydrogens is 308 g/mol. The zero-order valence-electron chi connectivity index (χ0n) is 13.7. The third-order valence-corrected chi connectivity index (χ3v) is 5.55. The maximum absolute atomic E-state index is 12.4. The van der Waals surface area contributed by atoms with E-state index in [1.54, 1.807) is 0 Å². The Balaban J connectivity index is 1.62. The molecule has 3 rings (SSSR count). The van der Waals surface area contributed by atoms with Crippen LogP contribution in [0.3, 0.4) is 0 Å². The summed E-state index contributed by atoms with van der Waals surface area (Å²) in [4.78, 5) is 22.5. The quantitative estimate of drug-likeness (QED) is 0.853. The van der Waals surface area contributed by atoms with E-state index in [1.165, 1.54) is 12.2 Å². The Morgan fingerprint density at radius 3 is 3.04 bits per heavy atom. The number of benzene rings is 1. The molecule has 1 saturated heterocycles. The molecule has 0 aliphatic carbocycles. The minimum atomic E-state index is -0.0683. The van der Waals surface area contributed by atoms with E-state index < -0.39 is 0 Å². The average molecular weight is 332 g/mol. The minimum absolute atomic E-state index is 0.0664. The van der Waals surface area contributed by atoms with E-state index in [1.807, 2.05) is 43.1 Å². The van der Waals surface area contributed by atoms with Crippen LogP contribution in [0.15, 0.2) is 24.3 Å². The summed E-state index contributed by atoms with van der Waals surface area (Å²) in [5, 5.41) is 3.12. The number of imidazole rings is 1. The number of nitrogens with one attached hydrogen (secondary N) is 2. The van der Waals surface area contributed by atoms with Gasteiger partial charge < -0.3 is 10.3 Å². The molecule has 0 unspecified atom stereocenters. The maximum Gasteiger partial charge on any atom is 0.234 e. The fourth-order valence-corrected chi connectivity index (χ4v) is 4.27. The van der Waals surface area contributed by atoms with Crippen LogP contribution in [0.5, 0.6) is 0 Å². The van der Waals surface area contributed by atoms with Crippen LogP contribution in [0, 0.1) is 0 Å². The van der Waals surface area contributed by atoms with Crippen molar-refractivity contribution >= 4 is 28.7 Å². The lowest BCUT2D eigenvalue weighted by Crippen LogP contribution is -2.41. The van der Waals surface area contributed by atoms with Crippen LogP contribution in [-0.4, -0.2) is 51.9 Å².